The highest BCUT2D eigenvalue weighted by atomic mass is 15.1. The van der Waals surface area contributed by atoms with E-state index < -0.39 is 0 Å². The third-order valence-electron chi connectivity index (χ3n) is 8.24. The summed E-state index contributed by atoms with van der Waals surface area (Å²) < 4.78 is 0. The van der Waals surface area contributed by atoms with Gasteiger partial charge in [-0.3, -0.25) is 4.90 Å². The summed E-state index contributed by atoms with van der Waals surface area (Å²) in [4.78, 5) is 11.0. The molecular formula is C35H34N4. The number of H-pyrrole nitrogens is 1. The number of hydrogen-bond donors (Lipinski definition) is 1. The lowest BCUT2D eigenvalue weighted by Gasteiger charge is -2.36. The Morgan fingerprint density at radius 1 is 0.846 bits per heavy atom. The van der Waals surface area contributed by atoms with Crippen LogP contribution in [0.4, 0.5) is 0 Å². The number of para-hydroxylation sites is 2. The third-order valence-corrected chi connectivity index (χ3v) is 8.24. The number of aromatic amines is 1. The fraction of sp³-hybridized carbons (Fsp3) is 0.257. The lowest BCUT2D eigenvalue weighted by Crippen LogP contribution is -2.35. The summed E-state index contributed by atoms with van der Waals surface area (Å²) in [6.07, 6.45) is 4.44. The molecule has 1 saturated heterocycles. The van der Waals surface area contributed by atoms with Gasteiger partial charge in [0.1, 0.15) is 5.82 Å². The van der Waals surface area contributed by atoms with E-state index in [4.69, 9.17) is 4.98 Å². The highest BCUT2D eigenvalue weighted by Gasteiger charge is 2.28. The number of aromatic nitrogens is 2. The van der Waals surface area contributed by atoms with E-state index >= 15 is 0 Å². The van der Waals surface area contributed by atoms with Gasteiger partial charge >= 0.3 is 0 Å². The van der Waals surface area contributed by atoms with E-state index in [9.17, 15) is 5.26 Å². The van der Waals surface area contributed by atoms with E-state index in [-0.39, 0.29) is 0 Å². The number of benzene rings is 4. The molecule has 6 rings (SSSR count). The second kappa shape index (κ2) is 11.7. The molecule has 0 radical (unpaired) electrons. The zero-order valence-electron chi connectivity index (χ0n) is 22.3. The van der Waals surface area contributed by atoms with Gasteiger partial charge in [-0.05, 0) is 90.7 Å². The zero-order chi connectivity index (χ0) is 26.4. The van der Waals surface area contributed by atoms with Gasteiger partial charge in [-0.15, -0.1) is 0 Å². The van der Waals surface area contributed by atoms with E-state index in [0.29, 0.717) is 17.4 Å². The molecule has 0 spiro atoms. The molecule has 0 aliphatic carbocycles. The number of aryl methyl sites for hydroxylation is 1. The molecule has 1 unspecified atom stereocenters. The molecule has 4 heteroatoms. The Morgan fingerprint density at radius 2 is 1.62 bits per heavy atom. The molecule has 0 amide bonds. The first-order valence-corrected chi connectivity index (χ1v) is 14.1. The lowest BCUT2D eigenvalue weighted by atomic mass is 9.77. The maximum Gasteiger partial charge on any atom is 0.107 e. The molecule has 4 aromatic carbocycles. The van der Waals surface area contributed by atoms with Crippen molar-refractivity contribution in [3.05, 3.63) is 126 Å². The largest absolute Gasteiger partial charge is 0.342 e. The number of likely N-dealkylation sites (tertiary alicyclic amines) is 1. The molecule has 1 atom stereocenters. The van der Waals surface area contributed by atoms with Crippen LogP contribution in [0.15, 0.2) is 103 Å². The van der Waals surface area contributed by atoms with Crippen molar-refractivity contribution in [2.24, 2.45) is 5.92 Å². The fourth-order valence-corrected chi connectivity index (χ4v) is 6.14. The van der Waals surface area contributed by atoms with E-state index in [0.717, 1.165) is 60.5 Å². The molecule has 2 heterocycles. The van der Waals surface area contributed by atoms with Gasteiger partial charge in [0.05, 0.1) is 22.7 Å². The Labute approximate surface area is 231 Å². The number of nitrogens with one attached hydrogen (secondary N) is 1. The minimum atomic E-state index is 0.483. The van der Waals surface area contributed by atoms with Crippen LogP contribution in [0.5, 0.6) is 0 Å². The fourth-order valence-electron chi connectivity index (χ4n) is 6.14. The van der Waals surface area contributed by atoms with Crippen LogP contribution in [0.1, 0.15) is 47.7 Å². The normalized spacial score (nSPS) is 15.3. The number of rotatable bonds is 8. The first-order chi connectivity index (χ1) is 19.2. The molecule has 5 aromatic rings. The average Bonchev–Trinajstić information content (AvgIpc) is 3.42. The van der Waals surface area contributed by atoms with Crippen molar-refractivity contribution in [3.8, 4) is 17.2 Å². The van der Waals surface area contributed by atoms with Gasteiger partial charge in [0.25, 0.3) is 0 Å². The zero-order valence-corrected chi connectivity index (χ0v) is 22.3. The molecule has 1 aliphatic heterocycles. The van der Waals surface area contributed by atoms with Crippen LogP contribution in [0.3, 0.4) is 0 Å². The topological polar surface area (TPSA) is 55.7 Å². The quantitative estimate of drug-likeness (QED) is 0.232. The number of fused-ring (bicyclic) bond motifs is 1. The summed E-state index contributed by atoms with van der Waals surface area (Å²) >= 11 is 0. The minimum Gasteiger partial charge on any atom is -0.342 e. The Balaban J connectivity index is 1.20. The summed E-state index contributed by atoms with van der Waals surface area (Å²) in [5, 5.41) is 9.31. The first-order valence-electron chi connectivity index (χ1n) is 14.1. The standard InChI is InChI=1S/C35H34N4/c36-24-27-9-6-10-31(23-27)28-13-15-29(16-14-28)32(17-18-35-37-33-11-4-5-12-34(33)38-35)30-19-21-39(22-20-30)25-26-7-2-1-3-8-26/h1-16,23,30,32H,17-22,25H2,(H,37,38). The van der Waals surface area contributed by atoms with Gasteiger partial charge in [-0.2, -0.15) is 5.26 Å². The average molecular weight is 511 g/mol. The van der Waals surface area contributed by atoms with Crippen molar-refractivity contribution in [2.45, 2.75) is 38.1 Å². The molecule has 0 bridgehead atoms. The van der Waals surface area contributed by atoms with Crippen molar-refractivity contribution < 1.29 is 0 Å². The van der Waals surface area contributed by atoms with Crippen LogP contribution in [-0.4, -0.2) is 28.0 Å². The van der Waals surface area contributed by atoms with Gasteiger partial charge in [0.2, 0.25) is 0 Å². The number of piperidine rings is 1. The molecule has 39 heavy (non-hydrogen) atoms. The van der Waals surface area contributed by atoms with Crippen molar-refractivity contribution in [1.29, 1.82) is 5.26 Å². The van der Waals surface area contributed by atoms with Crippen LogP contribution in [-0.2, 0) is 13.0 Å². The number of imidazole rings is 1. The van der Waals surface area contributed by atoms with Gasteiger partial charge < -0.3 is 4.98 Å². The Bertz CT molecular complexity index is 1520. The molecule has 1 N–H and O–H groups in total. The minimum absolute atomic E-state index is 0.483. The van der Waals surface area contributed by atoms with Crippen molar-refractivity contribution in [1.82, 2.24) is 14.9 Å². The smallest absolute Gasteiger partial charge is 0.107 e. The predicted octanol–water partition coefficient (Wildman–Crippen LogP) is 7.73. The Kier molecular flexibility index (Phi) is 7.52. The summed E-state index contributed by atoms with van der Waals surface area (Å²) in [6.45, 7) is 3.31. The van der Waals surface area contributed by atoms with Gasteiger partial charge in [0.15, 0.2) is 0 Å². The molecular weight excluding hydrogens is 476 g/mol. The predicted molar refractivity (Wildman–Crippen MR) is 158 cm³/mol. The first kappa shape index (κ1) is 25.1. The maximum absolute atomic E-state index is 9.31. The maximum atomic E-state index is 9.31. The second-order valence-electron chi connectivity index (χ2n) is 10.8. The highest BCUT2D eigenvalue weighted by molar-refractivity contribution is 5.74. The second-order valence-corrected chi connectivity index (χ2v) is 10.8. The summed E-state index contributed by atoms with van der Waals surface area (Å²) in [6, 6.07) is 38.3. The molecule has 4 nitrogen and oxygen atoms in total. The Morgan fingerprint density at radius 3 is 2.38 bits per heavy atom. The number of hydrogen-bond acceptors (Lipinski definition) is 3. The number of nitriles is 1. The molecule has 1 fully saturated rings. The van der Waals surface area contributed by atoms with Crippen LogP contribution >= 0.6 is 0 Å². The monoisotopic (exact) mass is 510 g/mol. The summed E-state index contributed by atoms with van der Waals surface area (Å²) in [5.74, 6) is 2.21. The number of nitrogens with zero attached hydrogens (tertiary/aromatic N) is 3. The van der Waals surface area contributed by atoms with Crippen molar-refractivity contribution in [2.75, 3.05) is 13.1 Å². The molecule has 194 valence electrons. The van der Waals surface area contributed by atoms with Gasteiger partial charge in [0, 0.05) is 13.0 Å². The molecule has 1 aromatic heterocycles. The van der Waals surface area contributed by atoms with Crippen LogP contribution in [0.25, 0.3) is 22.2 Å². The molecule has 0 saturated carbocycles. The van der Waals surface area contributed by atoms with Crippen LogP contribution < -0.4 is 0 Å². The van der Waals surface area contributed by atoms with Crippen LogP contribution in [0, 0.1) is 17.2 Å². The molecule has 1 aliphatic rings. The third kappa shape index (κ3) is 5.95. The van der Waals surface area contributed by atoms with E-state index in [1.807, 2.05) is 24.3 Å². The van der Waals surface area contributed by atoms with Crippen molar-refractivity contribution >= 4 is 11.0 Å². The SMILES string of the molecule is N#Cc1cccc(-c2ccc(C(CCc3nc4ccccc4[nH]3)C3CCN(Cc4ccccc4)CC3)cc2)c1. The summed E-state index contributed by atoms with van der Waals surface area (Å²) in [5.41, 5.74) is 7.91. The lowest BCUT2D eigenvalue weighted by molar-refractivity contribution is 0.159. The van der Waals surface area contributed by atoms with Gasteiger partial charge in [-0.25, -0.2) is 4.98 Å². The van der Waals surface area contributed by atoms with E-state index in [2.05, 4.69) is 94.8 Å². The van der Waals surface area contributed by atoms with E-state index in [1.165, 1.54) is 24.0 Å². The van der Waals surface area contributed by atoms with Crippen molar-refractivity contribution in [3.63, 3.8) is 0 Å². The highest BCUT2D eigenvalue weighted by Crippen LogP contribution is 2.37. The van der Waals surface area contributed by atoms with E-state index in [1.54, 1.807) is 0 Å². The van der Waals surface area contributed by atoms with Crippen LogP contribution in [0.2, 0.25) is 0 Å². The summed E-state index contributed by atoms with van der Waals surface area (Å²) in [7, 11) is 0. The Hall–Kier alpha value is -4.20. The van der Waals surface area contributed by atoms with Gasteiger partial charge in [-0.1, -0.05) is 78.9 Å².